The summed E-state index contributed by atoms with van der Waals surface area (Å²) in [5, 5.41) is 15.4. The second-order valence-corrected chi connectivity index (χ2v) is 6.79. The van der Waals surface area contributed by atoms with E-state index in [1.54, 1.807) is 30.3 Å². The van der Waals surface area contributed by atoms with Crippen molar-refractivity contribution in [3.63, 3.8) is 0 Å². The van der Waals surface area contributed by atoms with Gasteiger partial charge in [-0.2, -0.15) is 0 Å². The van der Waals surface area contributed by atoms with Crippen molar-refractivity contribution in [3.05, 3.63) is 57.1 Å². The number of para-hydroxylation sites is 1. The van der Waals surface area contributed by atoms with Crippen LogP contribution in [0.5, 0.6) is 0 Å². The Kier molecular flexibility index (Phi) is 6.56. The molecule has 0 heterocycles. The number of hydrogen-bond donors (Lipinski definition) is 0. The lowest BCUT2D eigenvalue weighted by Crippen LogP contribution is -2.11. The number of rotatable bonds is 6. The van der Waals surface area contributed by atoms with E-state index in [-0.39, 0.29) is 5.69 Å². The van der Waals surface area contributed by atoms with Crippen molar-refractivity contribution in [1.29, 1.82) is 0 Å². The Morgan fingerprint density at radius 1 is 1.25 bits per heavy atom. The van der Waals surface area contributed by atoms with E-state index in [0.717, 1.165) is 10.5 Å². The standard InChI is InChI=1S/C15H14Cl2N4O2S/c1-20(2)9-10-7-12(18-19-17)11(16)8-15(10)24-14-6-4-3-5-13(14)21(22)23/h3-8H,9H2,1-2H3. The lowest BCUT2D eigenvalue weighted by atomic mass is 10.2. The zero-order chi connectivity index (χ0) is 17.7. The summed E-state index contributed by atoms with van der Waals surface area (Å²) in [5.74, 6) is 0. The predicted molar refractivity (Wildman–Crippen MR) is 96.4 cm³/mol. The molecule has 0 aromatic heterocycles. The average molecular weight is 385 g/mol. The van der Waals surface area contributed by atoms with Crippen LogP contribution in [0.4, 0.5) is 11.4 Å². The molecule has 0 fully saturated rings. The van der Waals surface area contributed by atoms with E-state index in [2.05, 4.69) is 9.75 Å². The van der Waals surface area contributed by atoms with Gasteiger partial charge in [0.25, 0.3) is 5.69 Å². The second kappa shape index (κ2) is 8.43. The van der Waals surface area contributed by atoms with Crippen LogP contribution < -0.4 is 0 Å². The quantitative estimate of drug-likeness (QED) is 0.363. The van der Waals surface area contributed by atoms with Crippen LogP contribution in [0.2, 0.25) is 5.02 Å². The Morgan fingerprint density at radius 3 is 2.58 bits per heavy atom. The molecule has 2 rings (SSSR count). The second-order valence-electron chi connectivity index (χ2n) is 5.15. The van der Waals surface area contributed by atoms with Gasteiger partial charge in [-0.1, -0.05) is 40.1 Å². The highest BCUT2D eigenvalue weighted by Gasteiger charge is 2.17. The van der Waals surface area contributed by atoms with Crippen molar-refractivity contribution < 1.29 is 4.92 Å². The van der Waals surface area contributed by atoms with E-state index in [4.69, 9.17) is 23.4 Å². The van der Waals surface area contributed by atoms with Gasteiger partial charge in [0.2, 0.25) is 0 Å². The van der Waals surface area contributed by atoms with Crippen molar-refractivity contribution in [2.24, 2.45) is 9.75 Å². The van der Waals surface area contributed by atoms with Crippen molar-refractivity contribution in [2.45, 2.75) is 16.3 Å². The molecule has 0 atom stereocenters. The molecule has 0 aliphatic carbocycles. The molecule has 2 aromatic rings. The molecule has 24 heavy (non-hydrogen) atoms. The van der Waals surface area contributed by atoms with E-state index in [1.807, 2.05) is 19.0 Å². The summed E-state index contributed by atoms with van der Waals surface area (Å²) in [5.41, 5.74) is 1.43. The van der Waals surface area contributed by atoms with Crippen LogP contribution in [0.3, 0.4) is 0 Å². The Hall–Kier alpha value is -1.67. The number of halogens is 2. The van der Waals surface area contributed by atoms with Gasteiger partial charge in [-0.3, -0.25) is 10.1 Å². The number of hydrogen-bond acceptors (Lipinski definition) is 6. The van der Waals surface area contributed by atoms with Crippen molar-refractivity contribution in [1.82, 2.24) is 4.90 Å². The minimum Gasteiger partial charge on any atom is -0.305 e. The normalized spacial score (nSPS) is 11.4. The molecule has 0 amide bonds. The first-order valence-electron chi connectivity index (χ1n) is 6.82. The smallest absolute Gasteiger partial charge is 0.283 e. The van der Waals surface area contributed by atoms with Gasteiger partial charge in [0, 0.05) is 17.5 Å². The summed E-state index contributed by atoms with van der Waals surface area (Å²) in [6.45, 7) is 0.616. The van der Waals surface area contributed by atoms with Crippen LogP contribution in [-0.4, -0.2) is 23.9 Å². The van der Waals surface area contributed by atoms with Gasteiger partial charge in [-0.15, -0.1) is 5.11 Å². The predicted octanol–water partition coefficient (Wildman–Crippen LogP) is 5.70. The lowest BCUT2D eigenvalue weighted by molar-refractivity contribution is -0.387. The molecule has 0 aliphatic rings. The first kappa shape index (κ1) is 18.7. The molecule has 2 aromatic carbocycles. The highest BCUT2D eigenvalue weighted by atomic mass is 35.5. The van der Waals surface area contributed by atoms with E-state index in [9.17, 15) is 10.1 Å². The maximum absolute atomic E-state index is 11.2. The first-order valence-corrected chi connectivity index (χ1v) is 8.36. The third kappa shape index (κ3) is 4.67. The van der Waals surface area contributed by atoms with E-state index in [0.29, 0.717) is 22.2 Å². The summed E-state index contributed by atoms with van der Waals surface area (Å²) < 4.78 is 3.24. The Morgan fingerprint density at radius 2 is 1.96 bits per heavy atom. The number of nitrogens with zero attached hydrogens (tertiary/aromatic N) is 4. The van der Waals surface area contributed by atoms with Gasteiger partial charge < -0.3 is 4.90 Å². The molecule has 0 unspecified atom stereocenters. The molecule has 0 N–H and O–H groups in total. The summed E-state index contributed by atoms with van der Waals surface area (Å²) >= 11 is 12.8. The molecular formula is C15H14Cl2N4O2S. The zero-order valence-electron chi connectivity index (χ0n) is 12.9. The maximum Gasteiger partial charge on any atom is 0.283 e. The molecule has 6 nitrogen and oxygen atoms in total. The van der Waals surface area contributed by atoms with Gasteiger partial charge in [-0.05, 0) is 37.9 Å². The highest BCUT2D eigenvalue weighted by molar-refractivity contribution is 7.99. The summed E-state index contributed by atoms with van der Waals surface area (Å²) in [6.07, 6.45) is 0. The monoisotopic (exact) mass is 384 g/mol. The van der Waals surface area contributed by atoms with Gasteiger partial charge in [0.1, 0.15) is 5.69 Å². The summed E-state index contributed by atoms with van der Waals surface area (Å²) in [6, 6.07) is 10.1. The van der Waals surface area contributed by atoms with Crippen LogP contribution in [0.1, 0.15) is 5.56 Å². The van der Waals surface area contributed by atoms with Gasteiger partial charge in [0.15, 0.2) is 0 Å². The zero-order valence-corrected chi connectivity index (χ0v) is 15.3. The lowest BCUT2D eigenvalue weighted by Gasteiger charge is -2.15. The Bertz CT molecular complexity index is 784. The molecule has 0 radical (unpaired) electrons. The molecule has 0 saturated heterocycles. The van der Waals surface area contributed by atoms with E-state index < -0.39 is 4.92 Å². The van der Waals surface area contributed by atoms with Crippen LogP contribution in [0, 0.1) is 10.1 Å². The Balaban J connectivity index is 2.49. The molecule has 126 valence electrons. The molecule has 0 saturated carbocycles. The van der Waals surface area contributed by atoms with Crippen LogP contribution in [0.25, 0.3) is 0 Å². The minimum absolute atomic E-state index is 0.0546. The molecule has 9 heteroatoms. The fourth-order valence-electron chi connectivity index (χ4n) is 2.08. The van der Waals surface area contributed by atoms with Gasteiger partial charge in [-0.25, -0.2) is 0 Å². The highest BCUT2D eigenvalue weighted by Crippen LogP contribution is 2.40. The van der Waals surface area contributed by atoms with Gasteiger partial charge >= 0.3 is 0 Å². The fraction of sp³-hybridized carbons (Fsp3) is 0.200. The number of nitro benzene ring substituents is 1. The third-order valence-corrected chi connectivity index (χ3v) is 4.59. The largest absolute Gasteiger partial charge is 0.305 e. The van der Waals surface area contributed by atoms with Crippen LogP contribution >= 0.6 is 35.1 Å². The van der Waals surface area contributed by atoms with E-state index >= 15 is 0 Å². The van der Waals surface area contributed by atoms with Crippen LogP contribution in [0.15, 0.2) is 55.9 Å². The van der Waals surface area contributed by atoms with Crippen LogP contribution in [-0.2, 0) is 6.54 Å². The fourth-order valence-corrected chi connectivity index (χ4v) is 3.49. The first-order chi connectivity index (χ1) is 11.4. The van der Waals surface area contributed by atoms with Crippen molar-refractivity contribution >= 4 is 46.5 Å². The summed E-state index contributed by atoms with van der Waals surface area (Å²) in [4.78, 5) is 14.1. The molecular weight excluding hydrogens is 371 g/mol. The SMILES string of the molecule is CN(C)Cc1cc(N=NCl)c(Cl)cc1Sc1ccccc1[N+](=O)[O-]. The average Bonchev–Trinajstić information content (AvgIpc) is 2.51. The number of benzene rings is 2. The van der Waals surface area contributed by atoms with Crippen molar-refractivity contribution in [2.75, 3.05) is 14.1 Å². The van der Waals surface area contributed by atoms with Gasteiger partial charge in [0.05, 0.1) is 26.6 Å². The number of nitro groups is 1. The maximum atomic E-state index is 11.2. The topological polar surface area (TPSA) is 71.1 Å². The minimum atomic E-state index is -0.397. The van der Waals surface area contributed by atoms with E-state index in [1.165, 1.54) is 17.8 Å². The Labute approximate surface area is 153 Å². The third-order valence-electron chi connectivity index (χ3n) is 3.04. The molecule has 0 aliphatic heterocycles. The molecule has 0 spiro atoms. The van der Waals surface area contributed by atoms with Crippen molar-refractivity contribution in [3.8, 4) is 0 Å². The summed E-state index contributed by atoms with van der Waals surface area (Å²) in [7, 11) is 3.85. The molecule has 0 bridgehead atoms.